The van der Waals surface area contributed by atoms with Crippen LogP contribution in [-0.2, 0) is 12.7 Å². The van der Waals surface area contributed by atoms with E-state index in [2.05, 4.69) is 4.98 Å². The molecule has 0 amide bonds. The molecule has 132 valence electrons. The molecule has 2 heterocycles. The molecule has 1 aromatic carbocycles. The molecule has 0 atom stereocenters. The van der Waals surface area contributed by atoms with E-state index in [1.165, 1.54) is 22.3 Å². The number of rotatable bonds is 3. The lowest BCUT2D eigenvalue weighted by molar-refractivity contribution is -0.137. The number of aryl methyl sites for hydroxylation is 2. The van der Waals surface area contributed by atoms with Gasteiger partial charge in [-0.3, -0.25) is 5.41 Å². The highest BCUT2D eigenvalue weighted by Crippen LogP contribution is 2.33. The third kappa shape index (κ3) is 3.39. The molecule has 25 heavy (non-hydrogen) atoms. The SMILES string of the molecule is Cc1nc(C2=C(O)CN(Cc3cccc(C(F)(F)F)c3)C2=N)sc1C. The van der Waals surface area contributed by atoms with E-state index >= 15 is 0 Å². The number of nitrogens with zero attached hydrogens (tertiary/aromatic N) is 2. The zero-order chi connectivity index (χ0) is 18.4. The van der Waals surface area contributed by atoms with Gasteiger partial charge in [-0.05, 0) is 31.5 Å². The summed E-state index contributed by atoms with van der Waals surface area (Å²) in [6.07, 6.45) is -4.41. The number of benzene rings is 1. The molecule has 1 aromatic heterocycles. The predicted octanol–water partition coefficient (Wildman–Crippen LogP) is 4.54. The molecule has 1 aliphatic rings. The first kappa shape index (κ1) is 17.5. The van der Waals surface area contributed by atoms with Gasteiger partial charge in [-0.2, -0.15) is 13.2 Å². The first-order chi connectivity index (χ1) is 11.7. The Morgan fingerprint density at radius 2 is 2.04 bits per heavy atom. The average Bonchev–Trinajstić information content (AvgIpc) is 2.98. The van der Waals surface area contributed by atoms with Gasteiger partial charge in [0, 0.05) is 11.4 Å². The lowest BCUT2D eigenvalue weighted by atomic mass is 10.1. The van der Waals surface area contributed by atoms with Crippen molar-refractivity contribution in [2.75, 3.05) is 6.54 Å². The summed E-state index contributed by atoms with van der Waals surface area (Å²) < 4.78 is 38.5. The summed E-state index contributed by atoms with van der Waals surface area (Å²) in [5, 5.41) is 19.1. The van der Waals surface area contributed by atoms with Gasteiger partial charge in [0.15, 0.2) is 0 Å². The summed E-state index contributed by atoms with van der Waals surface area (Å²) in [5.41, 5.74) is 0.900. The van der Waals surface area contributed by atoms with Crippen LogP contribution in [0.4, 0.5) is 13.2 Å². The fourth-order valence-corrected chi connectivity index (χ4v) is 3.62. The van der Waals surface area contributed by atoms with E-state index in [0.29, 0.717) is 16.1 Å². The highest BCUT2D eigenvalue weighted by molar-refractivity contribution is 7.13. The van der Waals surface area contributed by atoms with E-state index in [1.54, 1.807) is 6.07 Å². The average molecular weight is 367 g/mol. The monoisotopic (exact) mass is 367 g/mol. The van der Waals surface area contributed by atoms with Gasteiger partial charge in [-0.1, -0.05) is 12.1 Å². The number of halogens is 3. The van der Waals surface area contributed by atoms with E-state index in [0.717, 1.165) is 22.7 Å². The van der Waals surface area contributed by atoms with Crippen LogP contribution in [0.5, 0.6) is 0 Å². The normalized spacial score (nSPS) is 15.4. The maximum absolute atomic E-state index is 12.8. The van der Waals surface area contributed by atoms with Crippen LogP contribution in [-0.4, -0.2) is 27.4 Å². The molecule has 0 saturated carbocycles. The smallest absolute Gasteiger partial charge is 0.416 e. The van der Waals surface area contributed by atoms with Crippen molar-refractivity contribution in [1.82, 2.24) is 9.88 Å². The van der Waals surface area contributed by atoms with Crippen molar-refractivity contribution in [3.8, 4) is 0 Å². The van der Waals surface area contributed by atoms with E-state index in [4.69, 9.17) is 5.41 Å². The molecule has 1 aliphatic heterocycles. The van der Waals surface area contributed by atoms with Crippen LogP contribution in [0, 0.1) is 19.3 Å². The Morgan fingerprint density at radius 1 is 1.32 bits per heavy atom. The maximum atomic E-state index is 12.8. The largest absolute Gasteiger partial charge is 0.510 e. The first-order valence-corrected chi connectivity index (χ1v) is 8.35. The van der Waals surface area contributed by atoms with E-state index in [1.807, 2.05) is 13.8 Å². The van der Waals surface area contributed by atoms with Crippen molar-refractivity contribution < 1.29 is 18.3 Å². The standard InChI is InChI=1S/C17H16F3N3OS/c1-9-10(2)25-16(22-9)14-13(24)8-23(15(14)21)7-11-4-3-5-12(6-11)17(18,19)20/h3-6,21,24H,7-8H2,1-2H3. The van der Waals surface area contributed by atoms with Gasteiger partial charge in [0.2, 0.25) is 0 Å². The number of hydrogen-bond donors (Lipinski definition) is 2. The minimum atomic E-state index is -4.41. The second-order valence-corrected chi connectivity index (χ2v) is 7.09. The third-order valence-electron chi connectivity index (χ3n) is 4.05. The Kier molecular flexibility index (Phi) is 4.32. The Bertz CT molecular complexity index is 851. The minimum absolute atomic E-state index is 0.0192. The number of aliphatic hydroxyl groups is 1. The number of amidine groups is 1. The number of aliphatic hydroxyl groups excluding tert-OH is 1. The molecule has 0 bridgehead atoms. The minimum Gasteiger partial charge on any atom is -0.510 e. The number of thiazole rings is 1. The molecule has 8 heteroatoms. The lowest BCUT2D eigenvalue weighted by Gasteiger charge is -2.19. The van der Waals surface area contributed by atoms with Crippen LogP contribution in [0.15, 0.2) is 30.0 Å². The summed E-state index contributed by atoms with van der Waals surface area (Å²) in [7, 11) is 0. The first-order valence-electron chi connectivity index (χ1n) is 7.53. The summed E-state index contributed by atoms with van der Waals surface area (Å²) in [5.74, 6) is 0.0920. The molecular formula is C17H16F3N3OS. The Labute approximate surface area is 146 Å². The summed E-state index contributed by atoms with van der Waals surface area (Å²) >= 11 is 1.39. The number of hydrogen-bond acceptors (Lipinski definition) is 4. The van der Waals surface area contributed by atoms with Gasteiger partial charge in [-0.15, -0.1) is 11.3 Å². The van der Waals surface area contributed by atoms with Gasteiger partial charge in [0.25, 0.3) is 0 Å². The fraction of sp³-hybridized carbons (Fsp3) is 0.294. The van der Waals surface area contributed by atoms with Crippen molar-refractivity contribution in [1.29, 1.82) is 5.41 Å². The van der Waals surface area contributed by atoms with Gasteiger partial charge < -0.3 is 10.0 Å². The van der Waals surface area contributed by atoms with Crippen LogP contribution in [0.2, 0.25) is 0 Å². The second kappa shape index (κ2) is 6.18. The predicted molar refractivity (Wildman–Crippen MR) is 90.7 cm³/mol. The lowest BCUT2D eigenvalue weighted by Crippen LogP contribution is -2.26. The Hall–Kier alpha value is -2.35. The summed E-state index contributed by atoms with van der Waals surface area (Å²) in [4.78, 5) is 6.90. The second-order valence-electron chi connectivity index (χ2n) is 5.89. The van der Waals surface area contributed by atoms with Gasteiger partial charge in [-0.25, -0.2) is 4.98 Å². The van der Waals surface area contributed by atoms with Crippen LogP contribution in [0.1, 0.15) is 26.7 Å². The molecule has 0 spiro atoms. The molecule has 0 saturated heterocycles. The highest BCUT2D eigenvalue weighted by atomic mass is 32.1. The molecule has 2 aromatic rings. The fourth-order valence-electron chi connectivity index (χ4n) is 2.64. The number of nitrogens with one attached hydrogen (secondary N) is 1. The van der Waals surface area contributed by atoms with Crippen LogP contribution in [0.25, 0.3) is 5.57 Å². The van der Waals surface area contributed by atoms with E-state index < -0.39 is 11.7 Å². The molecule has 2 N–H and O–H groups in total. The Balaban J connectivity index is 1.82. The van der Waals surface area contributed by atoms with Gasteiger partial charge in [0.05, 0.1) is 23.4 Å². The van der Waals surface area contributed by atoms with Crippen molar-refractivity contribution in [2.45, 2.75) is 26.6 Å². The topological polar surface area (TPSA) is 60.2 Å². The number of aromatic nitrogens is 1. The van der Waals surface area contributed by atoms with Crippen LogP contribution >= 0.6 is 11.3 Å². The van der Waals surface area contributed by atoms with Crippen molar-refractivity contribution in [3.05, 3.63) is 56.7 Å². The van der Waals surface area contributed by atoms with E-state index in [-0.39, 0.29) is 24.7 Å². The zero-order valence-corrected chi connectivity index (χ0v) is 14.4. The zero-order valence-electron chi connectivity index (χ0n) is 13.6. The molecule has 0 fully saturated rings. The Morgan fingerprint density at radius 3 is 2.64 bits per heavy atom. The molecule has 4 nitrogen and oxygen atoms in total. The van der Waals surface area contributed by atoms with Gasteiger partial charge >= 0.3 is 6.18 Å². The summed E-state index contributed by atoms with van der Waals surface area (Å²) in [6.45, 7) is 3.96. The van der Waals surface area contributed by atoms with Crippen LogP contribution < -0.4 is 0 Å². The quantitative estimate of drug-likeness (QED) is 0.837. The molecule has 3 rings (SSSR count). The molecule has 0 aliphatic carbocycles. The van der Waals surface area contributed by atoms with Crippen molar-refractivity contribution in [2.24, 2.45) is 0 Å². The third-order valence-corrected chi connectivity index (χ3v) is 5.14. The van der Waals surface area contributed by atoms with Crippen molar-refractivity contribution in [3.63, 3.8) is 0 Å². The van der Waals surface area contributed by atoms with E-state index in [9.17, 15) is 18.3 Å². The maximum Gasteiger partial charge on any atom is 0.416 e. The van der Waals surface area contributed by atoms with Crippen LogP contribution in [0.3, 0.4) is 0 Å². The molecule has 0 radical (unpaired) electrons. The highest BCUT2D eigenvalue weighted by Gasteiger charge is 2.32. The number of alkyl halides is 3. The van der Waals surface area contributed by atoms with Crippen molar-refractivity contribution >= 4 is 22.7 Å². The summed E-state index contributed by atoms with van der Waals surface area (Å²) in [6, 6.07) is 5.01. The van der Waals surface area contributed by atoms with Gasteiger partial charge in [0.1, 0.15) is 16.6 Å². The molecule has 0 unspecified atom stereocenters. The molecular weight excluding hydrogens is 351 g/mol.